The van der Waals surface area contributed by atoms with Crippen molar-refractivity contribution < 1.29 is 19.1 Å². The van der Waals surface area contributed by atoms with E-state index in [-0.39, 0.29) is 11.9 Å². The van der Waals surface area contributed by atoms with Crippen LogP contribution in [0.3, 0.4) is 0 Å². The maximum atomic E-state index is 11.9. The predicted molar refractivity (Wildman–Crippen MR) is 173 cm³/mol. The molecule has 0 aliphatic heterocycles. The van der Waals surface area contributed by atoms with Crippen molar-refractivity contribution in [3.63, 3.8) is 0 Å². The van der Waals surface area contributed by atoms with Crippen LogP contribution in [0.25, 0.3) is 0 Å². The van der Waals surface area contributed by atoms with Crippen LogP contribution in [0.1, 0.15) is 51.7 Å². The van der Waals surface area contributed by atoms with Crippen LogP contribution in [0.2, 0.25) is 0 Å². The van der Waals surface area contributed by atoms with E-state index in [1.165, 1.54) is 11.1 Å². The summed E-state index contributed by atoms with van der Waals surface area (Å²) >= 11 is 0. The van der Waals surface area contributed by atoms with Crippen molar-refractivity contribution in [1.29, 1.82) is 0 Å². The average molecular weight is 569 g/mol. The number of aryl methyl sites for hydroxylation is 2. The van der Waals surface area contributed by atoms with Crippen molar-refractivity contribution in [2.24, 2.45) is 0 Å². The third kappa shape index (κ3) is 9.37. The van der Waals surface area contributed by atoms with Crippen molar-refractivity contribution in [1.82, 2.24) is 0 Å². The topological polar surface area (TPSA) is 59.1 Å². The molecule has 0 heterocycles. The van der Waals surface area contributed by atoms with Gasteiger partial charge < -0.3 is 19.3 Å². The van der Waals surface area contributed by atoms with Gasteiger partial charge in [0.05, 0.1) is 13.2 Å². The molecule has 6 heteroatoms. The number of carbonyl (C=O) groups is 2. The molecule has 0 spiro atoms. The minimum absolute atomic E-state index is 0.252. The summed E-state index contributed by atoms with van der Waals surface area (Å²) in [5.41, 5.74) is 7.98. The molecule has 0 N–H and O–H groups in total. The van der Waals surface area contributed by atoms with Crippen LogP contribution in [0, 0.1) is 0 Å². The zero-order chi connectivity index (χ0) is 30.5. The fraction of sp³-hybridized carbons (Fsp3) is 0.333. The van der Waals surface area contributed by atoms with Gasteiger partial charge in [0.25, 0.3) is 0 Å². The molecule has 6 nitrogen and oxygen atoms in total. The van der Waals surface area contributed by atoms with E-state index in [1.807, 2.05) is 27.9 Å². The van der Waals surface area contributed by atoms with Crippen LogP contribution in [0.5, 0.6) is 0 Å². The smallest absolute Gasteiger partial charge is 0.333 e. The highest BCUT2D eigenvalue weighted by Crippen LogP contribution is 2.35. The fourth-order valence-electron chi connectivity index (χ4n) is 4.32. The molecule has 0 fully saturated rings. The van der Waals surface area contributed by atoms with E-state index < -0.39 is 0 Å². The lowest BCUT2D eigenvalue weighted by molar-refractivity contribution is -0.139. The van der Waals surface area contributed by atoms with E-state index in [4.69, 9.17) is 9.47 Å². The summed E-state index contributed by atoms with van der Waals surface area (Å²) in [6.07, 6.45) is 6.74. The van der Waals surface area contributed by atoms with Gasteiger partial charge in [0, 0.05) is 48.0 Å². The second-order valence-corrected chi connectivity index (χ2v) is 10.5. The van der Waals surface area contributed by atoms with Gasteiger partial charge in [0.1, 0.15) is 0 Å². The van der Waals surface area contributed by atoms with Crippen molar-refractivity contribution in [2.75, 3.05) is 37.1 Å². The summed E-state index contributed by atoms with van der Waals surface area (Å²) in [5.74, 6) is -0.504. The summed E-state index contributed by atoms with van der Waals surface area (Å²) in [7, 11) is 4.07. The Bertz CT molecular complexity index is 1270. The average Bonchev–Trinajstić information content (AvgIpc) is 3.02. The Morgan fingerprint density at radius 3 is 1.26 bits per heavy atom. The lowest BCUT2D eigenvalue weighted by atomic mass is 10.1. The molecule has 0 bridgehead atoms. The summed E-state index contributed by atoms with van der Waals surface area (Å²) in [4.78, 5) is 28.1. The third-order valence-corrected chi connectivity index (χ3v) is 7.21. The van der Waals surface area contributed by atoms with Crippen LogP contribution >= 0.6 is 0 Å². The first kappa shape index (κ1) is 32.2. The molecule has 0 radical (unpaired) electrons. The minimum Gasteiger partial charge on any atom is -0.462 e. The largest absolute Gasteiger partial charge is 0.462 e. The van der Waals surface area contributed by atoms with Crippen LogP contribution < -0.4 is 9.80 Å². The predicted octanol–water partition coefficient (Wildman–Crippen LogP) is 8.11. The SMILES string of the molecule is CC=C(C)C(=O)OCCCc1ccc(N(c2ccc(CCCOC(=O)C(C)=CC)cc2)c2ccc(N(C)C)cc2)cc1. The van der Waals surface area contributed by atoms with E-state index >= 15 is 0 Å². The third-order valence-electron chi connectivity index (χ3n) is 7.21. The maximum Gasteiger partial charge on any atom is 0.333 e. The number of rotatable bonds is 14. The second-order valence-electron chi connectivity index (χ2n) is 10.5. The second kappa shape index (κ2) is 16.2. The Morgan fingerprint density at radius 2 is 0.929 bits per heavy atom. The van der Waals surface area contributed by atoms with Crippen LogP contribution in [0.4, 0.5) is 22.7 Å². The standard InChI is InChI=1S/C36H44N2O4/c1-7-27(3)35(39)41-25-9-11-29-13-17-32(18-14-29)38(34-23-21-31(22-24-34)37(5)6)33-19-15-30(16-20-33)12-10-26-42-36(40)28(4)8-2/h7-8,13-24H,9-12,25-26H2,1-6H3. The molecule has 0 aliphatic rings. The van der Waals surface area contributed by atoms with Gasteiger partial charge in [-0.3, -0.25) is 0 Å². The number of anilines is 4. The van der Waals surface area contributed by atoms with Gasteiger partial charge >= 0.3 is 11.9 Å². The molecule has 0 unspecified atom stereocenters. The molecule has 3 aromatic rings. The molecule has 0 aromatic heterocycles. The van der Waals surface area contributed by atoms with E-state index in [0.29, 0.717) is 24.4 Å². The first-order valence-electron chi connectivity index (χ1n) is 14.6. The first-order valence-corrected chi connectivity index (χ1v) is 14.6. The van der Waals surface area contributed by atoms with Crippen LogP contribution in [-0.2, 0) is 31.9 Å². The first-order chi connectivity index (χ1) is 20.2. The Labute approximate surface area is 251 Å². The van der Waals surface area contributed by atoms with Crippen molar-refractivity contribution in [3.8, 4) is 0 Å². The zero-order valence-corrected chi connectivity index (χ0v) is 25.9. The van der Waals surface area contributed by atoms with Gasteiger partial charge in [-0.05, 0) is 113 Å². The van der Waals surface area contributed by atoms with Gasteiger partial charge in [-0.25, -0.2) is 9.59 Å². The number of benzene rings is 3. The number of hydrogen-bond acceptors (Lipinski definition) is 6. The number of nitrogens with zero attached hydrogens (tertiary/aromatic N) is 2. The number of ether oxygens (including phenoxy) is 2. The normalized spacial score (nSPS) is 11.7. The van der Waals surface area contributed by atoms with E-state index in [1.54, 1.807) is 26.0 Å². The van der Waals surface area contributed by atoms with Crippen molar-refractivity contribution in [3.05, 3.63) is 107 Å². The van der Waals surface area contributed by atoms with Crippen molar-refractivity contribution >= 4 is 34.7 Å². The lowest BCUT2D eigenvalue weighted by Crippen LogP contribution is -2.12. The number of allylic oxidation sites excluding steroid dienone is 2. The highest BCUT2D eigenvalue weighted by atomic mass is 16.5. The lowest BCUT2D eigenvalue weighted by Gasteiger charge is -2.26. The van der Waals surface area contributed by atoms with E-state index in [2.05, 4.69) is 82.6 Å². The Balaban J connectivity index is 1.71. The summed E-state index contributed by atoms with van der Waals surface area (Å²) in [5, 5.41) is 0. The van der Waals surface area contributed by atoms with Gasteiger partial charge in [-0.1, -0.05) is 36.4 Å². The van der Waals surface area contributed by atoms with Gasteiger partial charge in [-0.15, -0.1) is 0 Å². The maximum absolute atomic E-state index is 11.9. The van der Waals surface area contributed by atoms with Crippen LogP contribution in [-0.4, -0.2) is 39.2 Å². The minimum atomic E-state index is -0.252. The molecule has 3 aromatic carbocycles. The molecule has 0 saturated carbocycles. The molecule has 0 atom stereocenters. The summed E-state index contributed by atoms with van der Waals surface area (Å²) in [6.45, 7) is 8.00. The van der Waals surface area contributed by atoms with Crippen LogP contribution in [0.15, 0.2) is 96.1 Å². The molecule has 0 aliphatic carbocycles. The highest BCUT2D eigenvalue weighted by molar-refractivity contribution is 5.88. The Morgan fingerprint density at radius 1 is 0.595 bits per heavy atom. The zero-order valence-electron chi connectivity index (χ0n) is 25.9. The van der Waals surface area contributed by atoms with Gasteiger partial charge in [-0.2, -0.15) is 0 Å². The monoisotopic (exact) mass is 568 g/mol. The van der Waals surface area contributed by atoms with Gasteiger partial charge in [0.15, 0.2) is 0 Å². The van der Waals surface area contributed by atoms with E-state index in [9.17, 15) is 9.59 Å². The quantitative estimate of drug-likeness (QED) is 0.111. The highest BCUT2D eigenvalue weighted by Gasteiger charge is 2.13. The van der Waals surface area contributed by atoms with Crippen molar-refractivity contribution in [2.45, 2.75) is 53.4 Å². The number of esters is 2. The number of hydrogen-bond donors (Lipinski definition) is 0. The molecule has 0 amide bonds. The fourth-order valence-corrected chi connectivity index (χ4v) is 4.32. The number of carbonyl (C=O) groups excluding carboxylic acids is 2. The molecule has 222 valence electrons. The Hall–Kier alpha value is -4.32. The summed E-state index contributed by atoms with van der Waals surface area (Å²) in [6, 6.07) is 25.6. The molecular weight excluding hydrogens is 524 g/mol. The molecule has 3 rings (SSSR count). The molecule has 0 saturated heterocycles. The molecular formula is C36H44N2O4. The van der Waals surface area contributed by atoms with Gasteiger partial charge in [0.2, 0.25) is 0 Å². The Kier molecular flexibility index (Phi) is 12.4. The van der Waals surface area contributed by atoms with E-state index in [0.717, 1.165) is 48.4 Å². The summed E-state index contributed by atoms with van der Waals surface area (Å²) < 4.78 is 10.7. The molecule has 42 heavy (non-hydrogen) atoms.